The Hall–Kier alpha value is -2.01. The lowest BCUT2D eigenvalue weighted by atomic mass is 9.97. The number of benzene rings is 2. The Morgan fingerprint density at radius 2 is 2.10 bits per heavy atom. The van der Waals surface area contributed by atoms with Gasteiger partial charge in [-0.1, -0.05) is 12.1 Å². The van der Waals surface area contributed by atoms with Gasteiger partial charge < -0.3 is 15.7 Å². The predicted molar refractivity (Wildman–Crippen MR) is 85.1 cm³/mol. The van der Waals surface area contributed by atoms with Gasteiger partial charge in [0.15, 0.2) is 0 Å². The molecule has 1 amide bonds. The van der Waals surface area contributed by atoms with Crippen molar-refractivity contribution in [2.45, 2.75) is 13.0 Å². The molecule has 0 saturated carbocycles. The maximum absolute atomic E-state index is 12.5. The first kappa shape index (κ1) is 13.9. The van der Waals surface area contributed by atoms with Gasteiger partial charge in [0.2, 0.25) is 0 Å². The highest BCUT2D eigenvalue weighted by Crippen LogP contribution is 2.28. The second-order valence-electron chi connectivity index (χ2n) is 5.13. The monoisotopic (exact) mass is 346 g/mol. The molecule has 5 heteroatoms. The fraction of sp³-hybridized carbons (Fsp3) is 0.188. The van der Waals surface area contributed by atoms with Crippen molar-refractivity contribution in [3.05, 3.63) is 57.6 Å². The second-order valence-corrected chi connectivity index (χ2v) is 5.98. The molecule has 0 radical (unpaired) electrons. The third kappa shape index (κ3) is 2.61. The summed E-state index contributed by atoms with van der Waals surface area (Å²) in [7, 11) is 0. The van der Waals surface area contributed by atoms with Crippen LogP contribution in [0.4, 0.5) is 5.69 Å². The molecule has 0 saturated heterocycles. The van der Waals surface area contributed by atoms with Crippen molar-refractivity contribution in [3.63, 3.8) is 0 Å². The number of phenolic OH excluding ortho intramolecular Hbond substituents is 1. The molecule has 3 N–H and O–H groups in total. The molecule has 108 valence electrons. The van der Waals surface area contributed by atoms with Crippen LogP contribution in [0.15, 0.2) is 40.9 Å². The topological polar surface area (TPSA) is 66.6 Å². The molecule has 0 spiro atoms. The van der Waals surface area contributed by atoms with E-state index in [0.29, 0.717) is 23.1 Å². The maximum Gasteiger partial charge on any atom is 0.254 e. The molecule has 3 rings (SSSR count). The van der Waals surface area contributed by atoms with Crippen LogP contribution in [-0.2, 0) is 13.0 Å². The summed E-state index contributed by atoms with van der Waals surface area (Å²) in [4.78, 5) is 14.3. The smallest absolute Gasteiger partial charge is 0.254 e. The van der Waals surface area contributed by atoms with Gasteiger partial charge >= 0.3 is 0 Å². The average Bonchev–Trinajstić information content (AvgIpc) is 2.49. The number of hydrogen-bond donors (Lipinski definition) is 2. The Morgan fingerprint density at radius 3 is 2.86 bits per heavy atom. The van der Waals surface area contributed by atoms with Crippen molar-refractivity contribution in [1.82, 2.24) is 4.90 Å². The highest BCUT2D eigenvalue weighted by Gasteiger charge is 2.23. The van der Waals surface area contributed by atoms with Gasteiger partial charge in [-0.05, 0) is 57.7 Å². The summed E-state index contributed by atoms with van der Waals surface area (Å²) >= 11 is 3.21. The largest absolute Gasteiger partial charge is 0.507 e. The number of rotatable bonds is 1. The fourth-order valence-corrected chi connectivity index (χ4v) is 2.86. The Morgan fingerprint density at radius 1 is 1.29 bits per heavy atom. The lowest BCUT2D eigenvalue weighted by Crippen LogP contribution is -2.36. The molecule has 0 aliphatic carbocycles. The molecule has 1 aliphatic heterocycles. The Balaban J connectivity index is 1.87. The molecule has 1 heterocycles. The molecule has 21 heavy (non-hydrogen) atoms. The van der Waals surface area contributed by atoms with Gasteiger partial charge in [0.1, 0.15) is 5.75 Å². The number of anilines is 1. The van der Waals surface area contributed by atoms with Crippen molar-refractivity contribution in [2.75, 3.05) is 12.3 Å². The van der Waals surface area contributed by atoms with E-state index < -0.39 is 0 Å². The van der Waals surface area contributed by atoms with E-state index in [1.54, 1.807) is 17.0 Å². The summed E-state index contributed by atoms with van der Waals surface area (Å²) < 4.78 is 0.576. The molecule has 0 atom stereocenters. The molecule has 4 nitrogen and oxygen atoms in total. The van der Waals surface area contributed by atoms with E-state index in [2.05, 4.69) is 22.0 Å². The number of hydrogen-bond acceptors (Lipinski definition) is 3. The van der Waals surface area contributed by atoms with E-state index in [1.807, 2.05) is 12.1 Å². The van der Waals surface area contributed by atoms with Crippen LogP contribution >= 0.6 is 15.9 Å². The Bertz CT molecular complexity index is 715. The minimum Gasteiger partial charge on any atom is -0.507 e. The summed E-state index contributed by atoms with van der Waals surface area (Å²) in [6.07, 6.45) is 0.800. The first-order valence-corrected chi connectivity index (χ1v) is 7.49. The molecular weight excluding hydrogens is 332 g/mol. The number of fused-ring (bicyclic) bond motifs is 1. The third-order valence-electron chi connectivity index (χ3n) is 3.79. The molecular formula is C16H15BrN2O2. The lowest BCUT2D eigenvalue weighted by Gasteiger charge is -2.29. The minimum absolute atomic E-state index is 0.0674. The van der Waals surface area contributed by atoms with Crippen LogP contribution < -0.4 is 5.73 Å². The van der Waals surface area contributed by atoms with E-state index in [0.717, 1.165) is 17.7 Å². The predicted octanol–water partition coefficient (Wildman–Crippen LogP) is 2.94. The first-order valence-electron chi connectivity index (χ1n) is 6.70. The van der Waals surface area contributed by atoms with Crippen molar-refractivity contribution < 1.29 is 9.90 Å². The molecule has 0 aromatic heterocycles. The number of nitrogen functional groups attached to an aromatic ring is 1. The highest BCUT2D eigenvalue weighted by molar-refractivity contribution is 9.10. The zero-order chi connectivity index (χ0) is 15.0. The van der Waals surface area contributed by atoms with Gasteiger partial charge in [-0.2, -0.15) is 0 Å². The summed E-state index contributed by atoms with van der Waals surface area (Å²) in [6.45, 7) is 1.17. The quantitative estimate of drug-likeness (QED) is 0.780. The molecule has 1 aliphatic rings. The number of carbonyl (C=O) groups excluding carboxylic acids is 1. The number of nitrogens with zero attached hydrogens (tertiary/aromatic N) is 1. The van der Waals surface area contributed by atoms with Crippen LogP contribution in [0.2, 0.25) is 0 Å². The zero-order valence-electron chi connectivity index (χ0n) is 11.3. The molecule has 0 bridgehead atoms. The number of halogens is 1. The van der Waals surface area contributed by atoms with Crippen LogP contribution in [0.3, 0.4) is 0 Å². The highest BCUT2D eigenvalue weighted by atomic mass is 79.9. The number of nitrogens with two attached hydrogens (primary N) is 1. The van der Waals surface area contributed by atoms with E-state index in [-0.39, 0.29) is 11.7 Å². The van der Waals surface area contributed by atoms with Crippen molar-refractivity contribution in [1.29, 1.82) is 0 Å². The standard InChI is InChI=1S/C16H15BrN2O2/c17-13-5-4-11(8-15(13)20)16(21)19-7-6-10-2-1-3-14(18)12(10)9-19/h1-5,8,20H,6-7,9,18H2. The summed E-state index contributed by atoms with van der Waals surface area (Å²) in [6, 6.07) is 10.7. The molecule has 0 unspecified atom stereocenters. The number of aromatic hydroxyl groups is 1. The number of carbonyl (C=O) groups is 1. The molecule has 0 fully saturated rings. The first-order chi connectivity index (χ1) is 10.1. The fourth-order valence-electron chi connectivity index (χ4n) is 2.61. The van der Waals surface area contributed by atoms with E-state index in [9.17, 15) is 9.90 Å². The Labute approximate surface area is 131 Å². The van der Waals surface area contributed by atoms with Crippen LogP contribution in [0, 0.1) is 0 Å². The molecule has 2 aromatic carbocycles. The second kappa shape index (κ2) is 5.41. The van der Waals surface area contributed by atoms with E-state index in [1.165, 1.54) is 11.6 Å². The van der Waals surface area contributed by atoms with Crippen LogP contribution in [0.1, 0.15) is 21.5 Å². The number of amides is 1. The van der Waals surface area contributed by atoms with Gasteiger partial charge in [-0.25, -0.2) is 0 Å². The molecule has 2 aromatic rings. The number of phenols is 1. The summed E-state index contributed by atoms with van der Waals surface area (Å²) in [5.41, 5.74) is 9.44. The van der Waals surface area contributed by atoms with Gasteiger partial charge in [-0.15, -0.1) is 0 Å². The summed E-state index contributed by atoms with van der Waals surface area (Å²) in [5, 5.41) is 9.71. The van der Waals surface area contributed by atoms with Gasteiger partial charge in [0.05, 0.1) is 4.47 Å². The van der Waals surface area contributed by atoms with E-state index >= 15 is 0 Å². The van der Waals surface area contributed by atoms with E-state index in [4.69, 9.17) is 5.73 Å². The zero-order valence-corrected chi connectivity index (χ0v) is 12.9. The average molecular weight is 347 g/mol. The Kier molecular flexibility index (Phi) is 3.59. The summed E-state index contributed by atoms with van der Waals surface area (Å²) in [5.74, 6) is -0.0236. The van der Waals surface area contributed by atoms with Crippen LogP contribution in [0.25, 0.3) is 0 Å². The van der Waals surface area contributed by atoms with Crippen molar-refractivity contribution in [2.24, 2.45) is 0 Å². The van der Waals surface area contributed by atoms with Crippen molar-refractivity contribution >= 4 is 27.5 Å². The van der Waals surface area contributed by atoms with Gasteiger partial charge in [0.25, 0.3) is 5.91 Å². The van der Waals surface area contributed by atoms with Crippen LogP contribution in [-0.4, -0.2) is 22.5 Å². The maximum atomic E-state index is 12.5. The van der Waals surface area contributed by atoms with Gasteiger partial charge in [0, 0.05) is 24.3 Å². The van der Waals surface area contributed by atoms with Crippen molar-refractivity contribution in [3.8, 4) is 5.75 Å². The third-order valence-corrected chi connectivity index (χ3v) is 4.46. The van der Waals surface area contributed by atoms with Crippen LogP contribution in [0.5, 0.6) is 5.75 Å². The lowest BCUT2D eigenvalue weighted by molar-refractivity contribution is 0.0735. The minimum atomic E-state index is -0.0910. The normalized spacial score (nSPS) is 13.9. The SMILES string of the molecule is Nc1cccc2c1CN(C(=O)c1ccc(Br)c(O)c1)CC2. The van der Waals surface area contributed by atoms with Gasteiger partial charge in [-0.3, -0.25) is 4.79 Å².